The Morgan fingerprint density at radius 2 is 2.00 bits per heavy atom. The predicted octanol–water partition coefficient (Wildman–Crippen LogP) is 1.70. The van der Waals surface area contributed by atoms with E-state index >= 15 is 0 Å². The van der Waals surface area contributed by atoms with E-state index in [2.05, 4.69) is 10.3 Å². The van der Waals surface area contributed by atoms with Crippen LogP contribution < -0.4 is 5.32 Å². The second-order valence-corrected chi connectivity index (χ2v) is 4.20. The maximum absolute atomic E-state index is 12.0. The van der Waals surface area contributed by atoms with Gasteiger partial charge in [-0.1, -0.05) is 0 Å². The molecule has 0 aliphatic heterocycles. The van der Waals surface area contributed by atoms with Crippen molar-refractivity contribution < 1.29 is 18.0 Å². The average molecular weight is 275 g/mol. The van der Waals surface area contributed by atoms with Gasteiger partial charge in [-0.05, 0) is 32.1 Å². The Labute approximate surface area is 109 Å². The maximum atomic E-state index is 12.0. The van der Waals surface area contributed by atoms with Crippen molar-refractivity contribution in [2.24, 2.45) is 0 Å². The second kappa shape index (κ2) is 7.08. The summed E-state index contributed by atoms with van der Waals surface area (Å²) >= 11 is 0. The van der Waals surface area contributed by atoms with Gasteiger partial charge in [0.05, 0.1) is 6.54 Å². The highest BCUT2D eigenvalue weighted by Crippen LogP contribution is 2.15. The number of aromatic nitrogens is 1. The van der Waals surface area contributed by atoms with E-state index < -0.39 is 12.7 Å². The molecule has 7 heteroatoms. The molecule has 1 aromatic heterocycles. The third kappa shape index (κ3) is 6.76. The summed E-state index contributed by atoms with van der Waals surface area (Å²) < 4.78 is 36.1. The SMILES string of the molecule is CN(CCCNC(=O)c1ccncc1)CC(F)(F)F. The number of nitrogens with one attached hydrogen (secondary N) is 1. The molecule has 1 aromatic rings. The molecule has 0 saturated heterocycles. The van der Waals surface area contributed by atoms with E-state index in [1.807, 2.05) is 0 Å². The van der Waals surface area contributed by atoms with Crippen LogP contribution in [0.5, 0.6) is 0 Å². The summed E-state index contributed by atoms with van der Waals surface area (Å²) in [6.45, 7) is -0.329. The second-order valence-electron chi connectivity index (χ2n) is 4.20. The van der Waals surface area contributed by atoms with Gasteiger partial charge in [0.1, 0.15) is 0 Å². The van der Waals surface area contributed by atoms with E-state index in [-0.39, 0.29) is 12.5 Å². The monoisotopic (exact) mass is 275 g/mol. The van der Waals surface area contributed by atoms with Crippen molar-refractivity contribution in [1.29, 1.82) is 0 Å². The van der Waals surface area contributed by atoms with Crippen LogP contribution in [-0.2, 0) is 0 Å². The minimum atomic E-state index is -4.19. The van der Waals surface area contributed by atoms with Crippen molar-refractivity contribution in [3.05, 3.63) is 30.1 Å². The molecular weight excluding hydrogens is 259 g/mol. The lowest BCUT2D eigenvalue weighted by molar-refractivity contribution is -0.143. The fourth-order valence-corrected chi connectivity index (χ4v) is 1.54. The summed E-state index contributed by atoms with van der Waals surface area (Å²) in [6, 6.07) is 3.15. The largest absolute Gasteiger partial charge is 0.401 e. The zero-order chi connectivity index (χ0) is 14.3. The lowest BCUT2D eigenvalue weighted by atomic mass is 10.2. The highest BCUT2D eigenvalue weighted by atomic mass is 19.4. The number of rotatable bonds is 6. The van der Waals surface area contributed by atoms with Crippen LogP contribution in [0.1, 0.15) is 16.8 Å². The van der Waals surface area contributed by atoms with Gasteiger partial charge in [-0.15, -0.1) is 0 Å². The smallest absolute Gasteiger partial charge is 0.352 e. The highest BCUT2D eigenvalue weighted by molar-refractivity contribution is 5.93. The fraction of sp³-hybridized carbons (Fsp3) is 0.500. The summed E-state index contributed by atoms with van der Waals surface area (Å²) in [5, 5.41) is 2.64. The van der Waals surface area contributed by atoms with Gasteiger partial charge in [-0.2, -0.15) is 13.2 Å². The van der Waals surface area contributed by atoms with Gasteiger partial charge in [-0.3, -0.25) is 14.7 Å². The van der Waals surface area contributed by atoms with Crippen LogP contribution in [0.15, 0.2) is 24.5 Å². The Hall–Kier alpha value is -1.63. The van der Waals surface area contributed by atoms with Crippen molar-refractivity contribution in [3.8, 4) is 0 Å². The lowest BCUT2D eigenvalue weighted by Gasteiger charge is -2.18. The molecule has 1 rings (SSSR count). The number of carbonyl (C=O) groups is 1. The first-order chi connectivity index (χ1) is 8.88. The number of alkyl halides is 3. The molecule has 0 fully saturated rings. The molecule has 0 unspecified atom stereocenters. The van der Waals surface area contributed by atoms with Crippen molar-refractivity contribution in [2.75, 3.05) is 26.7 Å². The molecule has 1 heterocycles. The van der Waals surface area contributed by atoms with Crippen molar-refractivity contribution in [3.63, 3.8) is 0 Å². The zero-order valence-corrected chi connectivity index (χ0v) is 10.6. The zero-order valence-electron chi connectivity index (χ0n) is 10.6. The number of halogens is 3. The van der Waals surface area contributed by atoms with E-state index in [1.54, 1.807) is 12.1 Å². The predicted molar refractivity (Wildman–Crippen MR) is 64.7 cm³/mol. The first kappa shape index (κ1) is 15.4. The Morgan fingerprint density at radius 3 is 2.58 bits per heavy atom. The minimum absolute atomic E-state index is 0.249. The van der Waals surface area contributed by atoms with Crippen LogP contribution in [0.3, 0.4) is 0 Å². The molecule has 0 radical (unpaired) electrons. The minimum Gasteiger partial charge on any atom is -0.352 e. The Balaban J connectivity index is 2.19. The van der Waals surface area contributed by atoms with E-state index in [1.165, 1.54) is 24.3 Å². The lowest BCUT2D eigenvalue weighted by Crippen LogP contribution is -2.33. The number of pyridine rings is 1. The number of hydrogen-bond donors (Lipinski definition) is 1. The van der Waals surface area contributed by atoms with Gasteiger partial charge in [0, 0.05) is 24.5 Å². The number of amides is 1. The van der Waals surface area contributed by atoms with E-state index in [4.69, 9.17) is 0 Å². The van der Waals surface area contributed by atoms with E-state index in [0.717, 1.165) is 0 Å². The van der Waals surface area contributed by atoms with Crippen molar-refractivity contribution >= 4 is 5.91 Å². The Kier molecular flexibility index (Phi) is 5.75. The molecule has 4 nitrogen and oxygen atoms in total. The molecule has 0 spiro atoms. The van der Waals surface area contributed by atoms with Gasteiger partial charge in [0.2, 0.25) is 0 Å². The summed E-state index contributed by atoms with van der Waals surface area (Å²) in [6.07, 6.45) is -0.712. The molecular formula is C12H16F3N3O. The van der Waals surface area contributed by atoms with Crippen LogP contribution in [-0.4, -0.2) is 48.6 Å². The maximum Gasteiger partial charge on any atom is 0.401 e. The fourth-order valence-electron chi connectivity index (χ4n) is 1.54. The molecule has 0 aliphatic carbocycles. The molecule has 0 aliphatic rings. The van der Waals surface area contributed by atoms with Crippen LogP contribution in [0.25, 0.3) is 0 Å². The average Bonchev–Trinajstić information content (AvgIpc) is 2.33. The molecule has 0 saturated carbocycles. The summed E-state index contributed by atoms with van der Waals surface area (Å²) in [7, 11) is 1.40. The molecule has 106 valence electrons. The van der Waals surface area contributed by atoms with Gasteiger partial charge in [-0.25, -0.2) is 0 Å². The summed E-state index contributed by atoms with van der Waals surface area (Å²) in [4.78, 5) is 16.6. The van der Waals surface area contributed by atoms with Gasteiger partial charge in [0.25, 0.3) is 5.91 Å². The van der Waals surface area contributed by atoms with Crippen LogP contribution in [0.2, 0.25) is 0 Å². The molecule has 1 N–H and O–H groups in total. The standard InChI is InChI=1S/C12H16F3N3O/c1-18(9-12(13,14)15)8-2-5-17-11(19)10-3-6-16-7-4-10/h3-4,6-7H,2,5,8-9H2,1H3,(H,17,19). The molecule has 19 heavy (non-hydrogen) atoms. The van der Waals surface area contributed by atoms with E-state index in [0.29, 0.717) is 18.5 Å². The number of carbonyl (C=O) groups excluding carboxylic acids is 1. The van der Waals surface area contributed by atoms with Gasteiger partial charge < -0.3 is 5.32 Å². The van der Waals surface area contributed by atoms with Crippen LogP contribution in [0, 0.1) is 0 Å². The normalized spacial score (nSPS) is 11.6. The molecule has 0 bridgehead atoms. The topological polar surface area (TPSA) is 45.2 Å². The molecule has 1 amide bonds. The number of hydrogen-bond acceptors (Lipinski definition) is 3. The van der Waals surface area contributed by atoms with Crippen molar-refractivity contribution in [2.45, 2.75) is 12.6 Å². The highest BCUT2D eigenvalue weighted by Gasteiger charge is 2.28. The third-order valence-corrected chi connectivity index (χ3v) is 2.39. The van der Waals surface area contributed by atoms with Crippen LogP contribution >= 0.6 is 0 Å². The van der Waals surface area contributed by atoms with Crippen molar-refractivity contribution in [1.82, 2.24) is 15.2 Å². The third-order valence-electron chi connectivity index (χ3n) is 2.39. The summed E-state index contributed by atoms with van der Waals surface area (Å²) in [5.74, 6) is -0.249. The van der Waals surface area contributed by atoms with E-state index in [9.17, 15) is 18.0 Å². The summed E-state index contributed by atoms with van der Waals surface area (Å²) in [5.41, 5.74) is 0.485. The van der Waals surface area contributed by atoms with Gasteiger partial charge in [0.15, 0.2) is 0 Å². The molecule has 0 atom stereocenters. The Bertz CT molecular complexity index is 395. The van der Waals surface area contributed by atoms with Gasteiger partial charge >= 0.3 is 6.18 Å². The van der Waals surface area contributed by atoms with Crippen LogP contribution in [0.4, 0.5) is 13.2 Å². The Morgan fingerprint density at radius 1 is 1.37 bits per heavy atom. The first-order valence-corrected chi connectivity index (χ1v) is 5.82. The first-order valence-electron chi connectivity index (χ1n) is 5.82. The number of nitrogens with zero attached hydrogens (tertiary/aromatic N) is 2. The quantitative estimate of drug-likeness (QED) is 0.804. The molecule has 0 aromatic carbocycles.